The molecule has 0 spiro atoms. The number of aliphatic hydroxyl groups is 1. The topological polar surface area (TPSA) is 107 Å². The van der Waals surface area contributed by atoms with Crippen LogP contribution < -0.4 is 0 Å². The van der Waals surface area contributed by atoms with Crippen molar-refractivity contribution in [2.45, 2.75) is 19.4 Å². The molecule has 7 heteroatoms. The molecule has 2 heterocycles. The highest BCUT2D eigenvalue weighted by Gasteiger charge is 2.46. The van der Waals surface area contributed by atoms with Gasteiger partial charge in [0, 0.05) is 0 Å². The largest absolute Gasteiger partial charge is 0.477 e. The Kier molecular flexibility index (Phi) is 2.86. The minimum atomic E-state index is -1.23. The molecule has 98 valence electrons. The van der Waals surface area contributed by atoms with Crippen LogP contribution in [-0.2, 0) is 0 Å². The number of nitrogens with one attached hydrogen (secondary N) is 1. The van der Waals surface area contributed by atoms with Crippen LogP contribution in [0.5, 0.6) is 0 Å². The molecule has 0 aliphatic carbocycles. The summed E-state index contributed by atoms with van der Waals surface area (Å²) < 4.78 is 0. The van der Waals surface area contributed by atoms with Gasteiger partial charge in [-0.15, -0.1) is 0 Å². The van der Waals surface area contributed by atoms with Crippen LogP contribution >= 0.6 is 0 Å². The fourth-order valence-electron chi connectivity index (χ4n) is 1.89. The number of β-amino-alcohol motifs (C(OH)–C–C–N with tert-alkyl or cyclic N) is 1. The number of amides is 1. The number of rotatable bonds is 3. The highest BCUT2D eigenvalue weighted by atomic mass is 16.4. The first-order valence-electron chi connectivity index (χ1n) is 5.63. The summed E-state index contributed by atoms with van der Waals surface area (Å²) in [6, 6.07) is 0. The summed E-state index contributed by atoms with van der Waals surface area (Å²) in [5.41, 5.74) is -1.22. The maximum absolute atomic E-state index is 12.0. The highest BCUT2D eigenvalue weighted by molar-refractivity contribution is 6.02. The van der Waals surface area contributed by atoms with Crippen LogP contribution in [0.4, 0.5) is 0 Å². The molecule has 1 aliphatic rings. The van der Waals surface area contributed by atoms with E-state index in [2.05, 4.69) is 9.97 Å². The van der Waals surface area contributed by atoms with Crippen molar-refractivity contribution >= 4 is 11.9 Å². The van der Waals surface area contributed by atoms with Crippen LogP contribution in [0.15, 0.2) is 6.33 Å². The molecule has 3 N–H and O–H groups in total. The van der Waals surface area contributed by atoms with Gasteiger partial charge in [-0.1, -0.05) is 13.8 Å². The number of H-pyrrole nitrogens is 1. The van der Waals surface area contributed by atoms with Crippen LogP contribution in [0, 0.1) is 5.92 Å². The number of nitrogens with zero attached hydrogens (tertiary/aromatic N) is 2. The first kappa shape index (κ1) is 12.6. The fourth-order valence-corrected chi connectivity index (χ4v) is 1.89. The molecule has 1 aromatic heterocycles. The van der Waals surface area contributed by atoms with Crippen molar-refractivity contribution in [2.75, 3.05) is 13.1 Å². The van der Waals surface area contributed by atoms with Gasteiger partial charge in [-0.2, -0.15) is 0 Å². The highest BCUT2D eigenvalue weighted by Crippen LogP contribution is 2.29. The van der Waals surface area contributed by atoms with E-state index >= 15 is 0 Å². The van der Waals surface area contributed by atoms with E-state index in [0.717, 1.165) is 0 Å². The Labute approximate surface area is 103 Å². The molecule has 0 radical (unpaired) electrons. The van der Waals surface area contributed by atoms with E-state index in [9.17, 15) is 14.7 Å². The summed E-state index contributed by atoms with van der Waals surface area (Å²) in [6.45, 7) is 4.16. The SMILES string of the molecule is CC(C)C1(O)CN(C(=O)c2nc[nH]c2C(=O)O)C1. The first-order valence-corrected chi connectivity index (χ1v) is 5.63. The molecule has 1 fully saturated rings. The quantitative estimate of drug-likeness (QED) is 0.700. The molecule has 0 unspecified atom stereocenters. The Hall–Kier alpha value is -1.89. The van der Waals surface area contributed by atoms with E-state index in [1.54, 1.807) is 0 Å². The van der Waals surface area contributed by atoms with Crippen molar-refractivity contribution in [3.63, 3.8) is 0 Å². The predicted molar refractivity (Wildman–Crippen MR) is 61.2 cm³/mol. The number of aromatic nitrogens is 2. The number of carboxylic acids is 1. The first-order chi connectivity index (χ1) is 8.35. The molecule has 1 aliphatic heterocycles. The molecule has 0 saturated carbocycles. The van der Waals surface area contributed by atoms with Crippen molar-refractivity contribution < 1.29 is 19.8 Å². The van der Waals surface area contributed by atoms with Gasteiger partial charge in [0.1, 0.15) is 5.60 Å². The fraction of sp³-hybridized carbons (Fsp3) is 0.545. The second-order valence-electron chi connectivity index (χ2n) is 4.85. The third kappa shape index (κ3) is 1.86. The van der Waals surface area contributed by atoms with Crippen LogP contribution in [0.3, 0.4) is 0 Å². The Morgan fingerprint density at radius 1 is 1.50 bits per heavy atom. The Morgan fingerprint density at radius 3 is 2.61 bits per heavy atom. The normalized spacial score (nSPS) is 17.7. The van der Waals surface area contributed by atoms with Crippen molar-refractivity contribution in [1.82, 2.24) is 14.9 Å². The second-order valence-corrected chi connectivity index (χ2v) is 4.85. The number of carbonyl (C=O) groups is 2. The Morgan fingerprint density at radius 2 is 2.11 bits per heavy atom. The summed E-state index contributed by atoms with van der Waals surface area (Å²) >= 11 is 0. The van der Waals surface area contributed by atoms with Gasteiger partial charge in [0.15, 0.2) is 11.4 Å². The average Bonchev–Trinajstić information content (AvgIpc) is 2.72. The number of hydrogen-bond acceptors (Lipinski definition) is 4. The number of aromatic carboxylic acids is 1. The summed E-state index contributed by atoms with van der Waals surface area (Å²) in [5, 5.41) is 18.9. The summed E-state index contributed by atoms with van der Waals surface area (Å²) in [5.74, 6) is -1.66. The molecule has 7 nitrogen and oxygen atoms in total. The van der Waals surface area contributed by atoms with Gasteiger partial charge in [-0.05, 0) is 5.92 Å². The molecule has 0 bridgehead atoms. The van der Waals surface area contributed by atoms with Gasteiger partial charge in [0.25, 0.3) is 5.91 Å². The van der Waals surface area contributed by atoms with Gasteiger partial charge in [0.2, 0.25) is 0 Å². The number of carboxylic acid groups (broad SMARTS) is 1. The Balaban J connectivity index is 2.11. The van der Waals surface area contributed by atoms with Crippen LogP contribution in [0.1, 0.15) is 34.8 Å². The zero-order chi connectivity index (χ0) is 13.5. The van der Waals surface area contributed by atoms with Crippen molar-refractivity contribution in [3.8, 4) is 0 Å². The number of aromatic amines is 1. The zero-order valence-electron chi connectivity index (χ0n) is 10.2. The van der Waals surface area contributed by atoms with Crippen LogP contribution in [0.25, 0.3) is 0 Å². The molecule has 1 aromatic rings. The van der Waals surface area contributed by atoms with Crippen molar-refractivity contribution in [3.05, 3.63) is 17.7 Å². The van der Waals surface area contributed by atoms with Gasteiger partial charge < -0.3 is 20.1 Å². The smallest absolute Gasteiger partial charge is 0.354 e. The molecule has 1 saturated heterocycles. The number of hydrogen-bond donors (Lipinski definition) is 3. The molecule has 2 rings (SSSR count). The van der Waals surface area contributed by atoms with E-state index in [1.165, 1.54) is 11.2 Å². The minimum absolute atomic E-state index is 0.0414. The molecule has 18 heavy (non-hydrogen) atoms. The van der Waals surface area contributed by atoms with Crippen molar-refractivity contribution in [2.24, 2.45) is 5.92 Å². The Bertz CT molecular complexity index is 488. The van der Waals surface area contributed by atoms with Crippen molar-refractivity contribution in [1.29, 1.82) is 0 Å². The molecule has 0 atom stereocenters. The van der Waals surface area contributed by atoms with Crippen LogP contribution in [-0.4, -0.2) is 55.6 Å². The zero-order valence-corrected chi connectivity index (χ0v) is 10.2. The lowest BCUT2D eigenvalue weighted by molar-refractivity contribution is -0.111. The number of carbonyl (C=O) groups excluding carboxylic acids is 1. The lowest BCUT2D eigenvalue weighted by Crippen LogP contribution is -2.66. The van der Waals surface area contributed by atoms with Gasteiger partial charge in [-0.25, -0.2) is 9.78 Å². The maximum Gasteiger partial charge on any atom is 0.354 e. The summed E-state index contributed by atoms with van der Waals surface area (Å²) in [7, 11) is 0. The third-order valence-corrected chi connectivity index (χ3v) is 3.35. The second kappa shape index (κ2) is 4.09. The average molecular weight is 253 g/mol. The van der Waals surface area contributed by atoms with E-state index in [0.29, 0.717) is 0 Å². The molecule has 1 amide bonds. The lowest BCUT2D eigenvalue weighted by Gasteiger charge is -2.48. The standard InChI is InChI=1S/C11H15N3O4/c1-6(2)11(18)3-14(4-11)9(15)7-8(10(16)17)13-5-12-7/h5-6,18H,3-4H2,1-2H3,(H,12,13)(H,16,17). The van der Waals surface area contributed by atoms with E-state index in [4.69, 9.17) is 5.11 Å². The lowest BCUT2D eigenvalue weighted by atomic mass is 9.83. The third-order valence-electron chi connectivity index (χ3n) is 3.35. The van der Waals surface area contributed by atoms with E-state index in [-0.39, 0.29) is 30.4 Å². The van der Waals surface area contributed by atoms with E-state index < -0.39 is 17.5 Å². The predicted octanol–water partition coefficient (Wildman–Crippen LogP) is -0.0492. The van der Waals surface area contributed by atoms with Gasteiger partial charge >= 0.3 is 5.97 Å². The van der Waals surface area contributed by atoms with Crippen LogP contribution in [0.2, 0.25) is 0 Å². The monoisotopic (exact) mass is 253 g/mol. The molecular formula is C11H15N3O4. The number of likely N-dealkylation sites (tertiary alicyclic amines) is 1. The van der Waals surface area contributed by atoms with E-state index in [1.807, 2.05) is 13.8 Å². The number of imidazole rings is 1. The summed E-state index contributed by atoms with van der Waals surface area (Å²) in [6.07, 6.45) is 1.17. The van der Waals surface area contributed by atoms with Gasteiger partial charge in [0.05, 0.1) is 19.4 Å². The molecule has 0 aromatic carbocycles. The maximum atomic E-state index is 12.0. The van der Waals surface area contributed by atoms with Gasteiger partial charge in [-0.3, -0.25) is 4.79 Å². The minimum Gasteiger partial charge on any atom is -0.477 e. The molecular weight excluding hydrogens is 238 g/mol. The summed E-state index contributed by atoms with van der Waals surface area (Å²) in [4.78, 5) is 30.4.